The van der Waals surface area contributed by atoms with Crippen LogP contribution < -0.4 is 10.6 Å². The molecule has 0 spiro atoms. The van der Waals surface area contributed by atoms with E-state index in [1.54, 1.807) is 0 Å². The summed E-state index contributed by atoms with van der Waals surface area (Å²) >= 11 is 0. The van der Waals surface area contributed by atoms with Crippen molar-refractivity contribution in [3.05, 3.63) is 42.9 Å². The first-order valence-electron chi connectivity index (χ1n) is 8.67. The van der Waals surface area contributed by atoms with E-state index in [2.05, 4.69) is 25.8 Å². The molecule has 3 heterocycles. The molecule has 0 unspecified atom stereocenters. The number of nitrogens with one attached hydrogen (secondary N) is 3. The number of carbonyl (C=O) groups excluding carboxylic acids is 1. The van der Waals surface area contributed by atoms with E-state index in [1.165, 1.54) is 0 Å². The van der Waals surface area contributed by atoms with Gasteiger partial charge in [0.25, 0.3) is 0 Å². The summed E-state index contributed by atoms with van der Waals surface area (Å²) in [7, 11) is 1.91. The quantitative estimate of drug-likeness (QED) is 0.529. The van der Waals surface area contributed by atoms with Crippen molar-refractivity contribution in [2.75, 3.05) is 17.7 Å². The number of aromatic amines is 1. The van der Waals surface area contributed by atoms with Gasteiger partial charge in [0.2, 0.25) is 5.91 Å². The topological polar surface area (TPSA) is 87.1 Å². The maximum atomic E-state index is 12.0. The van der Waals surface area contributed by atoms with E-state index in [0.29, 0.717) is 5.82 Å². The van der Waals surface area contributed by atoms with Crippen LogP contribution in [0.2, 0.25) is 0 Å². The highest BCUT2D eigenvalue weighted by molar-refractivity contribution is 6.01. The number of aromatic nitrogens is 4. The zero-order valence-corrected chi connectivity index (χ0v) is 14.3. The van der Waals surface area contributed by atoms with Crippen molar-refractivity contribution >= 4 is 34.0 Å². The molecule has 26 heavy (non-hydrogen) atoms. The van der Waals surface area contributed by atoms with Crippen LogP contribution in [0.3, 0.4) is 0 Å². The first-order chi connectivity index (χ1) is 12.7. The fourth-order valence-electron chi connectivity index (χ4n) is 3.31. The molecule has 7 nitrogen and oxygen atoms in total. The number of imidazole rings is 1. The van der Waals surface area contributed by atoms with Crippen molar-refractivity contribution in [1.82, 2.24) is 19.6 Å². The maximum absolute atomic E-state index is 12.0. The molecule has 1 saturated carbocycles. The molecule has 0 atom stereocenters. The fourth-order valence-corrected chi connectivity index (χ4v) is 3.31. The SMILES string of the molecule is CNc1ccc2[nH]ncc2c1-c1ccc2nc(NC(=O)C3CC3)cn2c1. The van der Waals surface area contributed by atoms with Crippen LogP contribution in [0.5, 0.6) is 0 Å². The Morgan fingerprint density at radius 3 is 2.92 bits per heavy atom. The van der Waals surface area contributed by atoms with E-state index in [1.807, 2.05) is 54.3 Å². The van der Waals surface area contributed by atoms with Crippen LogP contribution in [-0.2, 0) is 4.79 Å². The van der Waals surface area contributed by atoms with Gasteiger partial charge in [0.05, 0.1) is 17.9 Å². The molecule has 0 bridgehead atoms. The fraction of sp³-hybridized carbons (Fsp3) is 0.211. The van der Waals surface area contributed by atoms with Crippen molar-refractivity contribution in [1.29, 1.82) is 0 Å². The smallest absolute Gasteiger partial charge is 0.228 e. The molecular formula is C19H18N6O. The molecule has 0 saturated heterocycles. The van der Waals surface area contributed by atoms with Crippen LogP contribution in [0, 0.1) is 5.92 Å². The number of benzene rings is 1. The molecule has 1 aliphatic carbocycles. The number of pyridine rings is 1. The lowest BCUT2D eigenvalue weighted by Crippen LogP contribution is -2.13. The number of carbonyl (C=O) groups is 1. The predicted molar refractivity (Wildman–Crippen MR) is 101 cm³/mol. The highest BCUT2D eigenvalue weighted by Gasteiger charge is 2.30. The molecular weight excluding hydrogens is 328 g/mol. The zero-order chi connectivity index (χ0) is 17.7. The summed E-state index contributed by atoms with van der Waals surface area (Å²) in [6.07, 6.45) is 7.67. The van der Waals surface area contributed by atoms with E-state index in [-0.39, 0.29) is 11.8 Å². The largest absolute Gasteiger partial charge is 0.388 e. The zero-order valence-electron chi connectivity index (χ0n) is 14.3. The van der Waals surface area contributed by atoms with Crippen LogP contribution in [-0.4, -0.2) is 32.5 Å². The Kier molecular flexibility index (Phi) is 3.21. The maximum Gasteiger partial charge on any atom is 0.228 e. The summed E-state index contributed by atoms with van der Waals surface area (Å²) in [5.74, 6) is 0.816. The van der Waals surface area contributed by atoms with Crippen molar-refractivity contribution in [3.63, 3.8) is 0 Å². The number of hydrogen-bond acceptors (Lipinski definition) is 4. The number of amides is 1. The molecule has 3 aromatic heterocycles. The van der Waals surface area contributed by atoms with E-state index >= 15 is 0 Å². The van der Waals surface area contributed by atoms with Gasteiger partial charge in [-0.15, -0.1) is 0 Å². The van der Waals surface area contributed by atoms with Crippen LogP contribution in [0.1, 0.15) is 12.8 Å². The van der Waals surface area contributed by atoms with Gasteiger partial charge >= 0.3 is 0 Å². The minimum Gasteiger partial charge on any atom is -0.388 e. The van der Waals surface area contributed by atoms with Crippen LogP contribution in [0.25, 0.3) is 27.7 Å². The second-order valence-electron chi connectivity index (χ2n) is 6.64. The lowest BCUT2D eigenvalue weighted by Gasteiger charge is -2.11. The third-order valence-electron chi connectivity index (χ3n) is 4.83. The van der Waals surface area contributed by atoms with E-state index in [0.717, 1.165) is 46.2 Å². The summed E-state index contributed by atoms with van der Waals surface area (Å²) in [4.78, 5) is 16.5. The van der Waals surface area contributed by atoms with Crippen LogP contribution >= 0.6 is 0 Å². The number of nitrogens with zero attached hydrogens (tertiary/aromatic N) is 3. The number of rotatable bonds is 4. The molecule has 1 aliphatic rings. The molecule has 0 aliphatic heterocycles. The van der Waals surface area contributed by atoms with E-state index < -0.39 is 0 Å². The standard InChI is InChI=1S/C19H18N6O/c1-20-15-6-5-14-13(8-21-24-14)18(15)12-4-7-17-22-16(10-25(17)9-12)23-19(26)11-2-3-11/h4-11,20H,2-3H2,1H3,(H,21,24)(H,23,26). The van der Waals surface area contributed by atoms with Gasteiger partial charge in [0.15, 0.2) is 5.82 Å². The van der Waals surface area contributed by atoms with Gasteiger partial charge in [-0.25, -0.2) is 4.98 Å². The summed E-state index contributed by atoms with van der Waals surface area (Å²) in [6, 6.07) is 8.05. The van der Waals surface area contributed by atoms with Crippen LogP contribution in [0.15, 0.2) is 42.9 Å². The minimum absolute atomic E-state index is 0.0641. The van der Waals surface area contributed by atoms with Gasteiger partial charge in [0, 0.05) is 41.4 Å². The van der Waals surface area contributed by atoms with Gasteiger partial charge in [-0.2, -0.15) is 5.10 Å². The molecule has 1 fully saturated rings. The molecule has 0 radical (unpaired) electrons. The average Bonchev–Trinajstić information content (AvgIpc) is 3.26. The number of H-pyrrole nitrogens is 1. The number of fused-ring (bicyclic) bond motifs is 2. The highest BCUT2D eigenvalue weighted by atomic mass is 16.2. The van der Waals surface area contributed by atoms with Gasteiger partial charge in [-0.3, -0.25) is 9.89 Å². The summed E-state index contributed by atoms with van der Waals surface area (Å²) in [5.41, 5.74) is 4.94. The van der Waals surface area contributed by atoms with Gasteiger partial charge in [-0.05, 0) is 37.1 Å². The predicted octanol–water partition coefficient (Wildman–Crippen LogP) is 3.27. The molecule has 1 amide bonds. The first kappa shape index (κ1) is 14.9. The number of hydrogen-bond donors (Lipinski definition) is 3. The molecule has 1 aromatic carbocycles. The lowest BCUT2D eigenvalue weighted by atomic mass is 10.0. The monoisotopic (exact) mass is 346 g/mol. The Morgan fingerprint density at radius 2 is 2.12 bits per heavy atom. The minimum atomic E-state index is 0.0641. The highest BCUT2D eigenvalue weighted by Crippen LogP contribution is 2.35. The Balaban J connectivity index is 1.59. The van der Waals surface area contributed by atoms with Gasteiger partial charge in [0.1, 0.15) is 5.65 Å². The Labute approximate surface area is 149 Å². The second-order valence-corrected chi connectivity index (χ2v) is 6.64. The summed E-state index contributed by atoms with van der Waals surface area (Å²) in [5, 5.41) is 14.4. The normalized spacial score (nSPS) is 14.0. The van der Waals surface area contributed by atoms with Crippen molar-refractivity contribution in [3.8, 4) is 11.1 Å². The Hall–Kier alpha value is -3.35. The van der Waals surface area contributed by atoms with E-state index in [9.17, 15) is 4.79 Å². The summed E-state index contributed by atoms with van der Waals surface area (Å²) < 4.78 is 1.94. The second kappa shape index (κ2) is 5.59. The van der Waals surface area contributed by atoms with Crippen molar-refractivity contribution in [2.45, 2.75) is 12.8 Å². The van der Waals surface area contributed by atoms with Crippen molar-refractivity contribution in [2.24, 2.45) is 5.92 Å². The number of anilines is 2. The average molecular weight is 346 g/mol. The lowest BCUT2D eigenvalue weighted by molar-refractivity contribution is -0.117. The van der Waals surface area contributed by atoms with Crippen molar-refractivity contribution < 1.29 is 4.79 Å². The first-order valence-corrected chi connectivity index (χ1v) is 8.67. The summed E-state index contributed by atoms with van der Waals surface area (Å²) in [6.45, 7) is 0. The molecule has 3 N–H and O–H groups in total. The molecule has 130 valence electrons. The Morgan fingerprint density at radius 1 is 1.23 bits per heavy atom. The molecule has 5 rings (SSSR count). The van der Waals surface area contributed by atoms with Gasteiger partial charge < -0.3 is 15.0 Å². The van der Waals surface area contributed by atoms with Crippen LogP contribution in [0.4, 0.5) is 11.5 Å². The third kappa shape index (κ3) is 2.40. The molecule has 4 aromatic rings. The Bertz CT molecular complexity index is 1140. The van der Waals surface area contributed by atoms with Gasteiger partial charge in [-0.1, -0.05) is 0 Å². The molecule has 7 heteroatoms. The third-order valence-corrected chi connectivity index (χ3v) is 4.83. The van der Waals surface area contributed by atoms with E-state index in [4.69, 9.17) is 0 Å².